The normalized spacial score (nSPS) is 13.0. The predicted octanol–water partition coefficient (Wildman–Crippen LogP) is 12.5. The maximum absolute atomic E-state index is 6.93. The molecule has 0 fully saturated rings. The average molecular weight is 919 g/mol. The first kappa shape index (κ1) is 39.8. The minimum atomic E-state index is -0.105. The van der Waals surface area contributed by atoms with Crippen molar-refractivity contribution in [1.82, 2.24) is 0 Å². The fraction of sp³-hybridized carbons (Fsp3) is 0.0303. The van der Waals surface area contributed by atoms with Crippen molar-refractivity contribution in [3.8, 4) is 101 Å². The van der Waals surface area contributed by atoms with Crippen molar-refractivity contribution in [3.05, 3.63) is 206 Å². The summed E-state index contributed by atoms with van der Waals surface area (Å²) < 4.78 is 26.2. The van der Waals surface area contributed by atoms with Crippen molar-refractivity contribution in [3.63, 3.8) is 0 Å². The fourth-order valence-corrected chi connectivity index (χ4v) is 13.2. The van der Waals surface area contributed by atoms with Crippen LogP contribution in [0, 0.1) is 0 Å². The van der Waals surface area contributed by atoms with Gasteiger partial charge in [-0.15, -0.1) is 0 Å². The number of benzene rings is 12. The van der Waals surface area contributed by atoms with E-state index >= 15 is 0 Å². The summed E-state index contributed by atoms with van der Waals surface area (Å²) in [6.07, 6.45) is 0. The third-order valence-electron chi connectivity index (χ3n) is 16.1. The Bertz CT molecular complexity index is 4040. The molecule has 0 amide bonds. The largest absolute Gasteiger partial charge is 0.497 e. The van der Waals surface area contributed by atoms with Crippen LogP contribution in [0.4, 0.5) is 0 Å². The molecule has 0 unspecified atom stereocenters. The van der Waals surface area contributed by atoms with Crippen molar-refractivity contribution in [2.75, 3.05) is 14.2 Å². The molecule has 0 radical (unpaired) electrons. The zero-order valence-corrected chi connectivity index (χ0v) is 39.4. The van der Waals surface area contributed by atoms with Crippen LogP contribution >= 0.6 is 0 Å². The molecule has 16 rings (SSSR count). The Morgan fingerprint density at radius 2 is 0.681 bits per heavy atom. The minimum Gasteiger partial charge on any atom is -0.497 e. The number of hydrogen-bond donors (Lipinski definition) is 0. The van der Waals surface area contributed by atoms with Crippen LogP contribution < -0.4 is 51.7 Å². The van der Waals surface area contributed by atoms with Gasteiger partial charge in [-0.1, -0.05) is 169 Å². The summed E-state index contributed by atoms with van der Waals surface area (Å²) in [5, 5.41) is 7.51. The molecule has 0 N–H and O–H groups in total. The Balaban J connectivity index is 1.17. The number of ether oxygens (including phenoxy) is 4. The van der Waals surface area contributed by atoms with E-state index in [9.17, 15) is 0 Å². The van der Waals surface area contributed by atoms with Gasteiger partial charge in [-0.3, -0.25) is 0 Å². The van der Waals surface area contributed by atoms with Gasteiger partial charge in [-0.05, 0) is 157 Å². The van der Waals surface area contributed by atoms with Crippen molar-refractivity contribution in [2.24, 2.45) is 0 Å². The van der Waals surface area contributed by atoms with Gasteiger partial charge in [-0.25, -0.2) is 0 Å². The Morgan fingerprint density at radius 3 is 1.11 bits per heavy atom. The van der Waals surface area contributed by atoms with E-state index in [0.29, 0.717) is 0 Å². The lowest BCUT2D eigenvalue weighted by Gasteiger charge is -2.37. The molecule has 0 spiro atoms. The Hall–Kier alpha value is -8.99. The van der Waals surface area contributed by atoms with Gasteiger partial charge in [0.15, 0.2) is 0 Å². The van der Waals surface area contributed by atoms with Crippen molar-refractivity contribution in [1.29, 1.82) is 0 Å². The molecule has 4 nitrogen and oxygen atoms in total. The second-order valence-electron chi connectivity index (χ2n) is 19.6. The summed E-state index contributed by atoms with van der Waals surface area (Å²) in [5.41, 5.74) is 21.2. The van der Waals surface area contributed by atoms with Gasteiger partial charge in [-0.2, -0.15) is 0 Å². The molecule has 4 aliphatic rings. The molecule has 0 bridgehead atoms. The summed E-state index contributed by atoms with van der Waals surface area (Å²) in [6, 6.07) is 75.5. The lowest BCUT2D eigenvalue weighted by molar-refractivity contribution is 0.409. The van der Waals surface area contributed by atoms with Gasteiger partial charge in [0.2, 0.25) is 0 Å². The summed E-state index contributed by atoms with van der Waals surface area (Å²) in [5.74, 6) is 4.93. The average Bonchev–Trinajstić information content (AvgIpc) is 3.45. The molecule has 0 saturated heterocycles. The molecule has 0 aliphatic carbocycles. The lowest BCUT2D eigenvalue weighted by atomic mass is 9.32. The van der Waals surface area contributed by atoms with Gasteiger partial charge >= 0.3 is 0 Å². The second kappa shape index (κ2) is 14.8. The van der Waals surface area contributed by atoms with Gasteiger partial charge in [0.1, 0.15) is 34.5 Å². The van der Waals surface area contributed by atoms with Crippen molar-refractivity contribution in [2.45, 2.75) is 0 Å². The molecule has 4 aliphatic heterocycles. The van der Waals surface area contributed by atoms with E-state index in [1.807, 2.05) is 0 Å². The molecular weight excluding hydrogens is 878 g/mol. The SMILES string of the molecule is COc1cc2c3c(c1)-c1cc(-c4ccccc4-c4ccccc4)c4cc5c6c(cc(-c7ccccc7-c7ccccc7)c7cc(c1c4c76)B3c1ccccc1O2)-c1cc(OC)cc2c1B5c1ccccc1O2. The van der Waals surface area contributed by atoms with E-state index in [1.54, 1.807) is 14.2 Å². The van der Waals surface area contributed by atoms with Crippen LogP contribution in [-0.2, 0) is 0 Å². The zero-order valence-electron chi connectivity index (χ0n) is 39.4. The minimum absolute atomic E-state index is 0.105. The molecule has 12 aromatic rings. The number of para-hydroxylation sites is 2. The molecular formula is C66H40B2O4. The summed E-state index contributed by atoms with van der Waals surface area (Å²) in [4.78, 5) is 0. The Labute approximate surface area is 417 Å². The van der Waals surface area contributed by atoms with E-state index in [1.165, 1.54) is 110 Å². The van der Waals surface area contributed by atoms with Crippen LogP contribution in [-0.4, -0.2) is 27.6 Å². The fourth-order valence-electron chi connectivity index (χ4n) is 13.2. The van der Waals surface area contributed by atoms with E-state index in [4.69, 9.17) is 18.9 Å². The van der Waals surface area contributed by atoms with Crippen LogP contribution in [0.3, 0.4) is 0 Å². The third kappa shape index (κ3) is 5.33. The van der Waals surface area contributed by atoms with E-state index in [-0.39, 0.29) is 13.4 Å². The molecule has 0 atom stereocenters. The molecule has 334 valence electrons. The number of hydrogen-bond acceptors (Lipinski definition) is 4. The quantitative estimate of drug-likeness (QED) is 0.123. The predicted molar refractivity (Wildman–Crippen MR) is 298 cm³/mol. The van der Waals surface area contributed by atoms with Crippen LogP contribution in [0.25, 0.3) is 99.1 Å². The summed E-state index contributed by atoms with van der Waals surface area (Å²) in [7, 11) is 3.51. The van der Waals surface area contributed by atoms with Crippen LogP contribution in [0.2, 0.25) is 0 Å². The zero-order chi connectivity index (χ0) is 47.3. The van der Waals surface area contributed by atoms with Gasteiger partial charge < -0.3 is 18.9 Å². The number of methoxy groups -OCH3 is 2. The van der Waals surface area contributed by atoms with Crippen LogP contribution in [0.1, 0.15) is 0 Å². The highest BCUT2D eigenvalue weighted by molar-refractivity contribution is 7.01. The van der Waals surface area contributed by atoms with Crippen molar-refractivity contribution >= 4 is 78.5 Å². The number of rotatable bonds is 6. The smallest absolute Gasteiger partial charge is 0.252 e. The van der Waals surface area contributed by atoms with E-state index in [2.05, 4.69) is 206 Å². The monoisotopic (exact) mass is 918 g/mol. The highest BCUT2D eigenvalue weighted by Crippen LogP contribution is 2.53. The van der Waals surface area contributed by atoms with Crippen LogP contribution in [0.5, 0.6) is 34.5 Å². The topological polar surface area (TPSA) is 36.9 Å². The molecule has 6 heteroatoms. The van der Waals surface area contributed by atoms with E-state index in [0.717, 1.165) is 56.5 Å². The first-order valence-electron chi connectivity index (χ1n) is 24.8. The lowest BCUT2D eigenvalue weighted by Crippen LogP contribution is -2.58. The van der Waals surface area contributed by atoms with Crippen molar-refractivity contribution < 1.29 is 18.9 Å². The van der Waals surface area contributed by atoms with Gasteiger partial charge in [0.05, 0.1) is 14.2 Å². The van der Waals surface area contributed by atoms with Crippen LogP contribution in [0.15, 0.2) is 206 Å². The van der Waals surface area contributed by atoms with Gasteiger partial charge in [0.25, 0.3) is 13.4 Å². The Morgan fingerprint density at radius 1 is 0.292 bits per heavy atom. The molecule has 72 heavy (non-hydrogen) atoms. The molecule has 4 heterocycles. The van der Waals surface area contributed by atoms with Gasteiger partial charge in [0, 0.05) is 12.1 Å². The standard InChI is InChI=1S/C66H40B2O4/c1-69-39-29-51-47-33-45(43-23-11-9-21-41(43)37-17-5-3-6-18-37)49-36-56-62-48(52-30-40(70-2)32-60-66(52)68(56)54-26-14-16-28-58(54)72-60)34-46(44-24-12-10-22-42(44)38-19-7-4-8-20-38)50-35-55(61(47)63(49)64(50)62)67-53-25-13-15-27-57(53)71-59(31-39)65(51)67/h3-36H,1-2H3. The van der Waals surface area contributed by atoms with E-state index < -0.39 is 0 Å². The second-order valence-corrected chi connectivity index (χ2v) is 19.6. The maximum atomic E-state index is 6.93. The summed E-state index contributed by atoms with van der Waals surface area (Å²) >= 11 is 0. The maximum Gasteiger partial charge on any atom is 0.252 e. The highest BCUT2D eigenvalue weighted by atomic mass is 16.5. The first-order valence-corrected chi connectivity index (χ1v) is 24.8. The molecule has 12 aromatic carbocycles. The summed E-state index contributed by atoms with van der Waals surface area (Å²) in [6.45, 7) is -0.210. The first-order chi connectivity index (χ1) is 35.6. The molecule has 0 saturated carbocycles. The molecule has 0 aromatic heterocycles. The number of fused-ring (bicyclic) bond motifs is 8. The Kier molecular flexibility index (Phi) is 8.17. The third-order valence-corrected chi connectivity index (χ3v) is 16.1. The highest BCUT2D eigenvalue weighted by Gasteiger charge is 2.44.